The van der Waals surface area contributed by atoms with Gasteiger partial charge in [0.25, 0.3) is 5.91 Å². The molecular weight excluding hydrogens is 350 g/mol. The van der Waals surface area contributed by atoms with Gasteiger partial charge in [-0.2, -0.15) is 0 Å². The Balaban J connectivity index is 1.99. The highest BCUT2D eigenvalue weighted by Crippen LogP contribution is 2.12. The monoisotopic (exact) mass is 375 g/mol. The second-order valence-electron chi connectivity index (χ2n) is 6.60. The number of benzene rings is 1. The summed E-state index contributed by atoms with van der Waals surface area (Å²) in [6.07, 6.45) is 4.18. The molecule has 0 atom stereocenters. The molecule has 1 N–H and O–H groups in total. The van der Waals surface area contributed by atoms with Crippen molar-refractivity contribution in [1.82, 2.24) is 14.6 Å². The highest BCUT2D eigenvalue weighted by molar-refractivity contribution is 7.89. The van der Waals surface area contributed by atoms with E-state index in [1.807, 2.05) is 26.0 Å². The van der Waals surface area contributed by atoms with E-state index in [2.05, 4.69) is 9.71 Å². The van der Waals surface area contributed by atoms with Crippen LogP contribution in [0, 0.1) is 5.92 Å². The summed E-state index contributed by atoms with van der Waals surface area (Å²) in [6, 6.07) is 9.87. The summed E-state index contributed by atoms with van der Waals surface area (Å²) >= 11 is 0. The molecule has 1 amide bonds. The molecule has 1 heterocycles. The van der Waals surface area contributed by atoms with Crippen LogP contribution in [0.5, 0.6) is 0 Å². The first-order chi connectivity index (χ1) is 12.3. The van der Waals surface area contributed by atoms with E-state index in [1.54, 1.807) is 36.5 Å². The van der Waals surface area contributed by atoms with Crippen molar-refractivity contribution in [3.05, 3.63) is 59.9 Å². The average Bonchev–Trinajstić information content (AvgIpc) is 2.65. The molecule has 1 aromatic carbocycles. The van der Waals surface area contributed by atoms with Gasteiger partial charge in [-0.25, -0.2) is 13.1 Å². The normalized spacial score (nSPS) is 11.5. The van der Waals surface area contributed by atoms with Gasteiger partial charge in [0, 0.05) is 38.1 Å². The van der Waals surface area contributed by atoms with Crippen LogP contribution in [-0.2, 0) is 16.4 Å². The number of rotatable bonds is 8. The molecule has 2 aromatic rings. The topological polar surface area (TPSA) is 79.4 Å². The Hall–Kier alpha value is -2.25. The fourth-order valence-electron chi connectivity index (χ4n) is 2.30. The molecule has 0 unspecified atom stereocenters. The molecule has 0 spiro atoms. The largest absolute Gasteiger partial charge is 0.341 e. The van der Waals surface area contributed by atoms with Gasteiger partial charge in [0.05, 0.1) is 4.90 Å². The third kappa shape index (κ3) is 5.64. The van der Waals surface area contributed by atoms with Crippen molar-refractivity contribution in [2.45, 2.75) is 25.2 Å². The zero-order chi connectivity index (χ0) is 19.2. The first kappa shape index (κ1) is 20.1. The zero-order valence-corrected chi connectivity index (χ0v) is 16.2. The van der Waals surface area contributed by atoms with E-state index in [9.17, 15) is 13.2 Å². The lowest BCUT2D eigenvalue weighted by atomic mass is 10.1. The molecule has 0 aliphatic rings. The van der Waals surface area contributed by atoms with Gasteiger partial charge in [0.15, 0.2) is 0 Å². The summed E-state index contributed by atoms with van der Waals surface area (Å²) in [7, 11) is -1.81. The molecule has 26 heavy (non-hydrogen) atoms. The Morgan fingerprint density at radius 2 is 1.73 bits per heavy atom. The quantitative estimate of drug-likeness (QED) is 0.768. The molecule has 1 aromatic heterocycles. The highest BCUT2D eigenvalue weighted by atomic mass is 32.2. The van der Waals surface area contributed by atoms with Crippen molar-refractivity contribution in [1.29, 1.82) is 0 Å². The maximum absolute atomic E-state index is 12.5. The second-order valence-corrected chi connectivity index (χ2v) is 8.37. The number of likely N-dealkylation sites (N-methyl/N-ethyl adjacent to an activating group) is 1. The van der Waals surface area contributed by atoms with Crippen LogP contribution in [0.1, 0.15) is 29.8 Å². The molecule has 0 fully saturated rings. The Bertz CT molecular complexity index is 819. The number of pyridine rings is 1. The van der Waals surface area contributed by atoms with Crippen LogP contribution in [0.15, 0.2) is 53.7 Å². The third-order valence-electron chi connectivity index (χ3n) is 3.93. The van der Waals surface area contributed by atoms with Crippen LogP contribution in [0.25, 0.3) is 0 Å². The van der Waals surface area contributed by atoms with Crippen molar-refractivity contribution in [3.63, 3.8) is 0 Å². The van der Waals surface area contributed by atoms with Gasteiger partial charge in [-0.05, 0) is 54.3 Å². The summed E-state index contributed by atoms with van der Waals surface area (Å²) in [6.45, 7) is 4.82. The Morgan fingerprint density at radius 3 is 2.31 bits per heavy atom. The van der Waals surface area contributed by atoms with E-state index in [4.69, 9.17) is 0 Å². The molecule has 0 saturated heterocycles. The number of carbonyl (C=O) groups is 1. The van der Waals surface area contributed by atoms with Gasteiger partial charge in [0.1, 0.15) is 0 Å². The summed E-state index contributed by atoms with van der Waals surface area (Å²) < 4.78 is 27.0. The Kier molecular flexibility index (Phi) is 6.88. The number of nitrogens with one attached hydrogen (secondary N) is 1. The Morgan fingerprint density at radius 1 is 1.12 bits per heavy atom. The highest BCUT2D eigenvalue weighted by Gasteiger charge is 2.16. The molecule has 0 bridgehead atoms. The number of hydrogen-bond acceptors (Lipinski definition) is 4. The van der Waals surface area contributed by atoms with Crippen LogP contribution in [0.3, 0.4) is 0 Å². The van der Waals surface area contributed by atoms with Crippen molar-refractivity contribution in [2.75, 3.05) is 20.1 Å². The molecule has 0 saturated carbocycles. The summed E-state index contributed by atoms with van der Waals surface area (Å²) in [5.41, 5.74) is 1.57. The van der Waals surface area contributed by atoms with Gasteiger partial charge in [-0.1, -0.05) is 13.8 Å². The predicted molar refractivity (Wildman–Crippen MR) is 101 cm³/mol. The number of amides is 1. The fourth-order valence-corrected chi connectivity index (χ4v) is 3.52. The molecular formula is C19H25N3O3S. The molecule has 6 nitrogen and oxygen atoms in total. The van der Waals surface area contributed by atoms with Crippen molar-refractivity contribution >= 4 is 15.9 Å². The van der Waals surface area contributed by atoms with E-state index in [-0.39, 0.29) is 16.7 Å². The number of aromatic nitrogens is 1. The van der Waals surface area contributed by atoms with Crippen LogP contribution >= 0.6 is 0 Å². The van der Waals surface area contributed by atoms with Crippen LogP contribution in [0.2, 0.25) is 0 Å². The minimum absolute atomic E-state index is 0.141. The number of hydrogen-bond donors (Lipinski definition) is 1. The van der Waals surface area contributed by atoms with Crippen LogP contribution < -0.4 is 4.72 Å². The second kappa shape index (κ2) is 8.91. The lowest BCUT2D eigenvalue weighted by molar-refractivity contribution is 0.0796. The summed E-state index contributed by atoms with van der Waals surface area (Å²) in [5.74, 6) is 0.0813. The van der Waals surface area contributed by atoms with Gasteiger partial charge in [-0.15, -0.1) is 0 Å². The number of carbonyl (C=O) groups excluding carboxylic acids is 1. The van der Waals surface area contributed by atoms with Crippen LogP contribution in [-0.4, -0.2) is 44.3 Å². The Labute approximate surface area is 155 Å². The third-order valence-corrected chi connectivity index (χ3v) is 5.36. The van der Waals surface area contributed by atoms with Gasteiger partial charge in [0.2, 0.25) is 10.0 Å². The van der Waals surface area contributed by atoms with Crippen molar-refractivity contribution in [3.8, 4) is 0 Å². The van der Waals surface area contributed by atoms with Crippen LogP contribution in [0.4, 0.5) is 0 Å². The van der Waals surface area contributed by atoms with Gasteiger partial charge in [-0.3, -0.25) is 9.78 Å². The first-order valence-electron chi connectivity index (χ1n) is 8.53. The zero-order valence-electron chi connectivity index (χ0n) is 15.3. The lowest BCUT2D eigenvalue weighted by Crippen LogP contribution is -2.29. The van der Waals surface area contributed by atoms with Crippen molar-refractivity contribution < 1.29 is 13.2 Å². The maximum Gasteiger partial charge on any atom is 0.253 e. The molecule has 2 rings (SSSR count). The van der Waals surface area contributed by atoms with Crippen molar-refractivity contribution in [2.24, 2.45) is 5.92 Å². The molecule has 140 valence electrons. The maximum atomic E-state index is 12.5. The minimum Gasteiger partial charge on any atom is -0.341 e. The lowest BCUT2D eigenvalue weighted by Gasteiger charge is -2.17. The fraction of sp³-hybridized carbons (Fsp3) is 0.368. The standard InChI is InChI=1S/C19H25N3O3S/c1-15(2)14-21-26(24,25)18-6-4-17(5-7-18)19(23)22(3)13-10-16-8-11-20-12-9-16/h4-9,11-12,15,21H,10,13-14H2,1-3H3. The van der Waals surface area contributed by atoms with E-state index in [0.29, 0.717) is 18.7 Å². The predicted octanol–water partition coefficient (Wildman–Crippen LogP) is 2.33. The summed E-state index contributed by atoms with van der Waals surface area (Å²) in [5, 5.41) is 0. The molecule has 0 aliphatic carbocycles. The summed E-state index contributed by atoms with van der Waals surface area (Å²) in [4.78, 5) is 18.2. The van der Waals surface area contributed by atoms with E-state index < -0.39 is 10.0 Å². The number of nitrogens with zero attached hydrogens (tertiary/aromatic N) is 2. The molecule has 7 heteroatoms. The van der Waals surface area contributed by atoms with E-state index in [0.717, 1.165) is 12.0 Å². The average molecular weight is 375 g/mol. The van der Waals surface area contributed by atoms with Gasteiger partial charge < -0.3 is 4.90 Å². The molecule has 0 radical (unpaired) electrons. The SMILES string of the molecule is CC(C)CNS(=O)(=O)c1ccc(C(=O)N(C)CCc2ccncc2)cc1. The first-order valence-corrected chi connectivity index (χ1v) is 10.0. The smallest absolute Gasteiger partial charge is 0.253 e. The minimum atomic E-state index is -3.55. The van der Waals surface area contributed by atoms with E-state index in [1.165, 1.54) is 12.1 Å². The number of sulfonamides is 1. The van der Waals surface area contributed by atoms with Gasteiger partial charge >= 0.3 is 0 Å². The van der Waals surface area contributed by atoms with E-state index >= 15 is 0 Å². The molecule has 0 aliphatic heterocycles.